The summed E-state index contributed by atoms with van der Waals surface area (Å²) in [5, 5.41) is 15.0. The number of aromatic nitrogens is 2. The minimum absolute atomic E-state index is 0.633. The van der Waals surface area contributed by atoms with Crippen LogP contribution in [0.2, 0.25) is 0 Å². The predicted molar refractivity (Wildman–Crippen MR) is 68.5 cm³/mol. The fraction of sp³-hybridized carbons (Fsp3) is 0.786. The zero-order chi connectivity index (χ0) is 12.5. The Kier molecular flexibility index (Phi) is 3.57. The monoisotopic (exact) mass is 236 g/mol. The smallest absolute Gasteiger partial charge is 0.0929 e. The van der Waals surface area contributed by atoms with Crippen LogP contribution in [0, 0.1) is 11.8 Å². The first kappa shape index (κ1) is 12.6. The van der Waals surface area contributed by atoms with Crippen LogP contribution in [0.5, 0.6) is 0 Å². The van der Waals surface area contributed by atoms with Crippen molar-refractivity contribution < 1.29 is 5.11 Å². The molecule has 0 bridgehead atoms. The summed E-state index contributed by atoms with van der Waals surface area (Å²) in [6.07, 6.45) is 9.17. The number of aliphatic hydroxyl groups is 1. The van der Waals surface area contributed by atoms with Gasteiger partial charge in [-0.2, -0.15) is 5.10 Å². The van der Waals surface area contributed by atoms with Gasteiger partial charge in [-0.3, -0.25) is 4.68 Å². The van der Waals surface area contributed by atoms with E-state index in [9.17, 15) is 5.11 Å². The van der Waals surface area contributed by atoms with Crippen molar-refractivity contribution in [3.05, 3.63) is 18.0 Å². The van der Waals surface area contributed by atoms with Crippen LogP contribution in [-0.4, -0.2) is 14.9 Å². The van der Waals surface area contributed by atoms with Crippen molar-refractivity contribution in [3.8, 4) is 0 Å². The Labute approximate surface area is 104 Å². The van der Waals surface area contributed by atoms with E-state index in [-0.39, 0.29) is 0 Å². The van der Waals surface area contributed by atoms with E-state index in [0.29, 0.717) is 5.92 Å². The third kappa shape index (κ3) is 2.89. The van der Waals surface area contributed by atoms with Crippen LogP contribution in [0.1, 0.15) is 51.5 Å². The van der Waals surface area contributed by atoms with E-state index in [1.54, 1.807) is 4.68 Å². The predicted octanol–water partition coefficient (Wildman–Crippen LogP) is 2.84. The first-order chi connectivity index (χ1) is 7.99. The molecule has 0 saturated heterocycles. The summed E-state index contributed by atoms with van der Waals surface area (Å²) in [5.74, 6) is 1.38. The summed E-state index contributed by atoms with van der Waals surface area (Å²) >= 11 is 0. The largest absolute Gasteiger partial charge is 0.385 e. The normalized spacial score (nSPS) is 29.8. The second-order valence-corrected chi connectivity index (χ2v) is 6.03. The molecule has 1 aliphatic rings. The number of hydrogen-bond acceptors (Lipinski definition) is 2. The minimum atomic E-state index is -0.633. The van der Waals surface area contributed by atoms with Crippen molar-refractivity contribution in [1.29, 1.82) is 0 Å². The van der Waals surface area contributed by atoms with Crippen LogP contribution in [0.25, 0.3) is 0 Å². The maximum atomic E-state index is 10.8. The van der Waals surface area contributed by atoms with Gasteiger partial charge >= 0.3 is 0 Å². The minimum Gasteiger partial charge on any atom is -0.385 e. The van der Waals surface area contributed by atoms with Gasteiger partial charge in [-0.05, 0) is 37.5 Å². The van der Waals surface area contributed by atoms with Crippen LogP contribution in [-0.2, 0) is 12.6 Å². The Morgan fingerprint density at radius 2 is 2.35 bits per heavy atom. The molecule has 0 spiro atoms. The van der Waals surface area contributed by atoms with Crippen LogP contribution in [0.15, 0.2) is 12.4 Å². The summed E-state index contributed by atoms with van der Waals surface area (Å²) in [6, 6.07) is 0. The molecule has 1 N–H and O–H groups in total. The molecule has 3 nitrogen and oxygen atoms in total. The zero-order valence-corrected chi connectivity index (χ0v) is 11.2. The van der Waals surface area contributed by atoms with Crippen molar-refractivity contribution in [3.63, 3.8) is 0 Å². The van der Waals surface area contributed by atoms with E-state index >= 15 is 0 Å². The number of rotatable bonds is 3. The van der Waals surface area contributed by atoms with Gasteiger partial charge in [0.25, 0.3) is 0 Å². The first-order valence-corrected chi connectivity index (χ1v) is 6.71. The Morgan fingerprint density at radius 3 is 2.94 bits per heavy atom. The molecule has 1 heterocycles. The Morgan fingerprint density at radius 1 is 1.59 bits per heavy atom. The Hall–Kier alpha value is -0.830. The Bertz CT molecular complexity index is 372. The zero-order valence-electron chi connectivity index (χ0n) is 11.2. The number of hydrogen-bond donors (Lipinski definition) is 1. The van der Waals surface area contributed by atoms with Gasteiger partial charge in [0.15, 0.2) is 0 Å². The molecule has 0 amide bonds. The van der Waals surface area contributed by atoms with Gasteiger partial charge in [0.05, 0.1) is 11.8 Å². The van der Waals surface area contributed by atoms with Gasteiger partial charge in [0.2, 0.25) is 0 Å². The molecule has 1 aromatic heterocycles. The molecule has 1 saturated carbocycles. The molecule has 2 rings (SSSR count). The molecule has 1 aliphatic carbocycles. The molecule has 1 fully saturated rings. The van der Waals surface area contributed by atoms with Crippen molar-refractivity contribution in [1.82, 2.24) is 9.78 Å². The lowest BCUT2D eigenvalue weighted by Gasteiger charge is -2.37. The van der Waals surface area contributed by atoms with Gasteiger partial charge < -0.3 is 5.11 Å². The second kappa shape index (κ2) is 4.81. The lowest BCUT2D eigenvalue weighted by molar-refractivity contribution is -0.0245. The van der Waals surface area contributed by atoms with Crippen LogP contribution < -0.4 is 0 Å². The summed E-state index contributed by atoms with van der Waals surface area (Å²) in [4.78, 5) is 0. The summed E-state index contributed by atoms with van der Waals surface area (Å²) < 4.78 is 1.78. The molecule has 17 heavy (non-hydrogen) atoms. The van der Waals surface area contributed by atoms with E-state index in [2.05, 4.69) is 18.9 Å². The molecule has 1 aromatic rings. The SMILES string of the molecule is CC(C)CC1CCCC(O)(c2cnn(C)c2)C1. The standard InChI is InChI=1S/C14H24N2O/c1-11(2)7-12-5-4-6-14(17,8-12)13-9-15-16(3)10-13/h9-12,17H,4-8H2,1-3H3. The van der Waals surface area contributed by atoms with E-state index in [0.717, 1.165) is 30.7 Å². The van der Waals surface area contributed by atoms with Crippen LogP contribution >= 0.6 is 0 Å². The highest BCUT2D eigenvalue weighted by molar-refractivity contribution is 5.16. The van der Waals surface area contributed by atoms with Crippen molar-refractivity contribution in [2.75, 3.05) is 0 Å². The molecule has 2 unspecified atom stereocenters. The van der Waals surface area contributed by atoms with E-state index < -0.39 is 5.60 Å². The summed E-state index contributed by atoms with van der Waals surface area (Å²) in [7, 11) is 1.90. The number of nitrogens with zero attached hydrogens (tertiary/aromatic N) is 2. The summed E-state index contributed by atoms with van der Waals surface area (Å²) in [6.45, 7) is 4.52. The maximum Gasteiger partial charge on any atom is 0.0929 e. The highest BCUT2D eigenvalue weighted by atomic mass is 16.3. The molecule has 0 radical (unpaired) electrons. The molecule has 96 valence electrons. The topological polar surface area (TPSA) is 38.1 Å². The third-order valence-electron chi connectivity index (χ3n) is 3.88. The summed E-state index contributed by atoms with van der Waals surface area (Å²) in [5.41, 5.74) is 0.361. The van der Waals surface area contributed by atoms with E-state index in [1.165, 1.54) is 12.8 Å². The first-order valence-electron chi connectivity index (χ1n) is 6.71. The molecule has 3 heteroatoms. The molecule has 2 atom stereocenters. The van der Waals surface area contributed by atoms with E-state index in [4.69, 9.17) is 0 Å². The number of aryl methyl sites for hydroxylation is 1. The molecule has 0 aliphatic heterocycles. The lowest BCUT2D eigenvalue weighted by atomic mass is 9.73. The van der Waals surface area contributed by atoms with Crippen molar-refractivity contribution in [2.24, 2.45) is 18.9 Å². The highest BCUT2D eigenvalue weighted by Gasteiger charge is 2.36. The second-order valence-electron chi connectivity index (χ2n) is 6.03. The lowest BCUT2D eigenvalue weighted by Crippen LogP contribution is -2.32. The molecular weight excluding hydrogens is 212 g/mol. The van der Waals surface area contributed by atoms with Crippen molar-refractivity contribution >= 4 is 0 Å². The quantitative estimate of drug-likeness (QED) is 0.876. The van der Waals surface area contributed by atoms with Gasteiger partial charge in [0.1, 0.15) is 0 Å². The fourth-order valence-corrected chi connectivity index (χ4v) is 3.16. The fourth-order valence-electron chi connectivity index (χ4n) is 3.16. The Balaban J connectivity index is 2.09. The van der Waals surface area contributed by atoms with Crippen LogP contribution in [0.3, 0.4) is 0 Å². The average Bonchev–Trinajstić information content (AvgIpc) is 2.64. The maximum absolute atomic E-state index is 10.8. The molecular formula is C14H24N2O. The van der Waals surface area contributed by atoms with Gasteiger partial charge in [-0.25, -0.2) is 0 Å². The van der Waals surface area contributed by atoms with Gasteiger partial charge in [0, 0.05) is 18.8 Å². The van der Waals surface area contributed by atoms with Gasteiger partial charge in [-0.1, -0.05) is 20.3 Å². The van der Waals surface area contributed by atoms with Crippen molar-refractivity contribution in [2.45, 2.75) is 51.6 Å². The van der Waals surface area contributed by atoms with E-state index in [1.807, 2.05) is 19.4 Å². The highest BCUT2D eigenvalue weighted by Crippen LogP contribution is 2.41. The third-order valence-corrected chi connectivity index (χ3v) is 3.88. The molecule has 0 aromatic carbocycles. The van der Waals surface area contributed by atoms with Crippen LogP contribution in [0.4, 0.5) is 0 Å². The van der Waals surface area contributed by atoms with Gasteiger partial charge in [-0.15, -0.1) is 0 Å². The average molecular weight is 236 g/mol.